The van der Waals surface area contributed by atoms with Gasteiger partial charge in [-0.15, -0.1) is 0 Å². The van der Waals surface area contributed by atoms with Crippen LogP contribution >= 0.6 is 0 Å². The molecule has 8 aliphatic rings. The van der Waals surface area contributed by atoms with Crippen molar-refractivity contribution in [3.05, 3.63) is 0 Å². The average molecular weight is 533 g/mol. The molecule has 8 rings (SSSR count). The summed E-state index contributed by atoms with van der Waals surface area (Å²) < 4.78 is 0. The summed E-state index contributed by atoms with van der Waals surface area (Å²) in [4.78, 5) is 3.33. The van der Waals surface area contributed by atoms with Gasteiger partial charge in [0.1, 0.15) is 6.71 Å². The molecule has 0 aromatic rings. The number of nitrogens with one attached hydrogen (secondary N) is 1. The van der Waals surface area contributed by atoms with E-state index >= 15 is 0 Å². The second-order valence-electron chi connectivity index (χ2n) is 16.4. The summed E-state index contributed by atoms with van der Waals surface area (Å²) >= 11 is 0. The van der Waals surface area contributed by atoms with Crippen molar-refractivity contribution in [3.8, 4) is 0 Å². The molecule has 3 heteroatoms. The van der Waals surface area contributed by atoms with Gasteiger partial charge in [0.15, 0.2) is 0 Å². The number of rotatable bonds is 2. The van der Waals surface area contributed by atoms with Crippen LogP contribution in [-0.4, -0.2) is 42.3 Å². The summed E-state index contributed by atoms with van der Waals surface area (Å²) in [5, 5.41) is 4.50. The van der Waals surface area contributed by atoms with Gasteiger partial charge in [-0.3, -0.25) is 4.90 Å². The smallest absolute Gasteiger partial charge is 0.150 e. The van der Waals surface area contributed by atoms with Gasteiger partial charge in [0.25, 0.3) is 0 Å². The van der Waals surface area contributed by atoms with Gasteiger partial charge < -0.3 is 5.32 Å². The zero-order valence-electron chi connectivity index (χ0n) is 25.5. The van der Waals surface area contributed by atoms with Gasteiger partial charge in [-0.05, 0) is 68.2 Å². The SMILES string of the molecule is C1CCC(B2C3CCCCC3C3(C4CCCCC24)C2CCCCC2N(C2CCCCC2)C2CCCNC23)CC1. The number of hydrogen-bond acceptors (Lipinski definition) is 2. The molecule has 218 valence electrons. The molecule has 0 amide bonds. The fourth-order valence-corrected chi connectivity index (χ4v) is 14.5. The quantitative estimate of drug-likeness (QED) is 0.357. The Kier molecular flexibility index (Phi) is 7.67. The topological polar surface area (TPSA) is 15.3 Å². The largest absolute Gasteiger partial charge is 0.312 e. The van der Waals surface area contributed by atoms with Gasteiger partial charge in [-0.2, -0.15) is 0 Å². The van der Waals surface area contributed by atoms with Crippen LogP contribution in [0.5, 0.6) is 0 Å². The van der Waals surface area contributed by atoms with Crippen molar-refractivity contribution in [1.29, 1.82) is 0 Å². The molecule has 1 spiro atoms. The molecule has 5 saturated carbocycles. The van der Waals surface area contributed by atoms with Crippen molar-refractivity contribution >= 4 is 6.71 Å². The van der Waals surface area contributed by atoms with Gasteiger partial charge in [-0.1, -0.05) is 133 Å². The molecule has 3 aliphatic heterocycles. The highest BCUT2D eigenvalue weighted by molar-refractivity contribution is 6.64. The van der Waals surface area contributed by atoms with E-state index in [4.69, 9.17) is 0 Å². The first-order chi connectivity index (χ1) is 19.4. The van der Waals surface area contributed by atoms with E-state index in [1.807, 2.05) is 0 Å². The van der Waals surface area contributed by atoms with E-state index < -0.39 is 0 Å². The minimum Gasteiger partial charge on any atom is -0.312 e. The Bertz CT molecular complexity index is 712. The summed E-state index contributed by atoms with van der Waals surface area (Å²) in [6, 6.07) is 3.52. The third-order valence-corrected chi connectivity index (χ3v) is 15.2. The van der Waals surface area contributed by atoms with E-state index in [9.17, 15) is 0 Å². The fourth-order valence-electron chi connectivity index (χ4n) is 14.5. The van der Waals surface area contributed by atoms with Crippen LogP contribution < -0.4 is 5.32 Å². The summed E-state index contributed by atoms with van der Waals surface area (Å²) in [5.74, 6) is 6.35. The Morgan fingerprint density at radius 1 is 0.487 bits per heavy atom. The number of hydrogen-bond donors (Lipinski definition) is 1. The molecule has 0 bridgehead atoms. The molecule has 3 saturated heterocycles. The predicted molar refractivity (Wildman–Crippen MR) is 166 cm³/mol. The lowest BCUT2D eigenvalue weighted by Crippen LogP contribution is -2.79. The fraction of sp³-hybridized carbons (Fsp3) is 1.00. The first-order valence-electron chi connectivity index (χ1n) is 18.9. The highest BCUT2D eigenvalue weighted by atomic mass is 15.3. The highest BCUT2D eigenvalue weighted by Crippen LogP contribution is 2.72. The number of fused-ring (bicyclic) bond motifs is 8. The number of likely N-dealkylation sites (tertiary alicyclic amines) is 1. The van der Waals surface area contributed by atoms with Crippen molar-refractivity contribution in [1.82, 2.24) is 10.2 Å². The number of piperidine rings is 2. The normalized spacial score (nSPS) is 48.2. The average Bonchev–Trinajstić information content (AvgIpc) is 3.02. The van der Waals surface area contributed by atoms with Gasteiger partial charge in [-0.25, -0.2) is 0 Å². The van der Waals surface area contributed by atoms with Crippen molar-refractivity contribution < 1.29 is 0 Å². The molecule has 0 radical (unpaired) electrons. The van der Waals surface area contributed by atoms with E-state index in [2.05, 4.69) is 10.2 Å². The molecule has 0 aromatic carbocycles. The standard InChI is InChI=1S/C36H61BN2/c1-3-14-26(15-4-1)37-31-21-10-7-18-28(31)36(29-19-8-11-22-32(29)37)30-20-9-12-23-33(30)39(27-16-5-2-6-17-27)34-24-13-25-38-35(34)36/h26-35,38H,1-25H2. The Morgan fingerprint density at radius 3 is 1.72 bits per heavy atom. The lowest BCUT2D eigenvalue weighted by Gasteiger charge is -2.74. The zero-order chi connectivity index (χ0) is 25.8. The van der Waals surface area contributed by atoms with Crippen LogP contribution in [0, 0.1) is 23.2 Å². The summed E-state index contributed by atoms with van der Waals surface area (Å²) in [6.45, 7) is 2.42. The molecular weight excluding hydrogens is 471 g/mol. The molecule has 2 nitrogen and oxygen atoms in total. The Balaban J connectivity index is 1.26. The van der Waals surface area contributed by atoms with Crippen LogP contribution in [0.1, 0.15) is 154 Å². The van der Waals surface area contributed by atoms with Crippen LogP contribution in [0.2, 0.25) is 17.5 Å². The summed E-state index contributed by atoms with van der Waals surface area (Å²) in [6.07, 6.45) is 37.2. The molecular formula is C36H61BN2. The van der Waals surface area contributed by atoms with Crippen LogP contribution in [0.4, 0.5) is 0 Å². The molecule has 8 atom stereocenters. The second kappa shape index (κ2) is 11.2. The van der Waals surface area contributed by atoms with Crippen LogP contribution in [0.25, 0.3) is 0 Å². The van der Waals surface area contributed by atoms with E-state index in [1.165, 1.54) is 64.3 Å². The highest BCUT2D eigenvalue weighted by Gasteiger charge is 2.70. The van der Waals surface area contributed by atoms with Gasteiger partial charge in [0.2, 0.25) is 0 Å². The molecule has 39 heavy (non-hydrogen) atoms. The minimum atomic E-state index is 0.628. The van der Waals surface area contributed by atoms with Gasteiger partial charge in [0, 0.05) is 24.2 Å². The second-order valence-corrected chi connectivity index (χ2v) is 16.4. The maximum Gasteiger partial charge on any atom is 0.150 e. The van der Waals surface area contributed by atoms with Gasteiger partial charge >= 0.3 is 0 Å². The van der Waals surface area contributed by atoms with E-state index in [0.29, 0.717) is 5.41 Å². The molecule has 3 heterocycles. The minimum absolute atomic E-state index is 0.628. The van der Waals surface area contributed by atoms with Crippen LogP contribution in [0.15, 0.2) is 0 Å². The lowest BCUT2D eigenvalue weighted by molar-refractivity contribution is -0.194. The van der Waals surface area contributed by atoms with E-state index in [1.54, 1.807) is 96.3 Å². The van der Waals surface area contributed by atoms with Crippen molar-refractivity contribution in [2.75, 3.05) is 6.54 Å². The first kappa shape index (κ1) is 26.6. The molecule has 8 fully saturated rings. The summed E-state index contributed by atoms with van der Waals surface area (Å²) in [7, 11) is 0. The van der Waals surface area contributed by atoms with E-state index in [-0.39, 0.29) is 0 Å². The molecule has 8 unspecified atom stereocenters. The lowest BCUT2D eigenvalue weighted by atomic mass is 9.15. The predicted octanol–water partition coefficient (Wildman–Crippen LogP) is 9.26. The Labute approximate surface area is 242 Å². The van der Waals surface area contributed by atoms with Crippen molar-refractivity contribution in [2.24, 2.45) is 23.2 Å². The molecule has 1 N–H and O–H groups in total. The third-order valence-electron chi connectivity index (χ3n) is 15.2. The Morgan fingerprint density at radius 2 is 1.03 bits per heavy atom. The number of nitrogens with zero attached hydrogens (tertiary/aromatic N) is 1. The summed E-state index contributed by atoms with van der Waals surface area (Å²) in [5.41, 5.74) is 0.628. The van der Waals surface area contributed by atoms with Gasteiger partial charge in [0.05, 0.1) is 0 Å². The zero-order valence-corrected chi connectivity index (χ0v) is 25.5. The Hall–Kier alpha value is -0.0151. The third kappa shape index (κ3) is 4.22. The maximum absolute atomic E-state index is 4.50. The van der Waals surface area contributed by atoms with Crippen molar-refractivity contribution in [2.45, 2.75) is 196 Å². The van der Waals surface area contributed by atoms with E-state index in [0.717, 1.165) is 66.1 Å². The monoisotopic (exact) mass is 532 g/mol. The van der Waals surface area contributed by atoms with Crippen LogP contribution in [-0.2, 0) is 0 Å². The van der Waals surface area contributed by atoms with Crippen LogP contribution in [0.3, 0.4) is 0 Å². The molecule has 0 aromatic heterocycles. The van der Waals surface area contributed by atoms with Crippen molar-refractivity contribution in [3.63, 3.8) is 0 Å². The maximum atomic E-state index is 4.50. The first-order valence-corrected chi connectivity index (χ1v) is 18.9. The molecule has 5 aliphatic carbocycles.